The zero-order valence-corrected chi connectivity index (χ0v) is 11.9. The van der Waals surface area contributed by atoms with Crippen molar-refractivity contribution in [3.63, 3.8) is 0 Å². The van der Waals surface area contributed by atoms with Crippen molar-refractivity contribution in [2.45, 2.75) is 6.04 Å². The van der Waals surface area contributed by atoms with Gasteiger partial charge in [0.25, 0.3) is 0 Å². The van der Waals surface area contributed by atoms with Crippen molar-refractivity contribution in [2.24, 2.45) is 5.73 Å². The van der Waals surface area contributed by atoms with Gasteiger partial charge in [-0.25, -0.2) is 0 Å². The second kappa shape index (κ2) is 4.80. The summed E-state index contributed by atoms with van der Waals surface area (Å²) < 4.78 is 1.06. The maximum absolute atomic E-state index is 6.29. The van der Waals surface area contributed by atoms with Gasteiger partial charge in [-0.2, -0.15) is 0 Å². The Morgan fingerprint density at radius 1 is 1.22 bits per heavy atom. The van der Waals surface area contributed by atoms with Crippen molar-refractivity contribution in [3.05, 3.63) is 62.9 Å². The van der Waals surface area contributed by atoms with Gasteiger partial charge in [0.2, 0.25) is 0 Å². The van der Waals surface area contributed by atoms with Crippen LogP contribution in [0, 0.1) is 0 Å². The fraction of sp³-hybridized carbons (Fsp3) is 0.0714. The van der Waals surface area contributed by atoms with Crippen LogP contribution in [0.25, 0.3) is 10.9 Å². The zero-order valence-electron chi connectivity index (χ0n) is 9.51. The molecule has 0 bridgehead atoms. The molecule has 0 radical (unpaired) electrons. The van der Waals surface area contributed by atoms with E-state index < -0.39 is 0 Å². The lowest BCUT2D eigenvalue weighted by atomic mass is 10.1. The molecule has 4 heteroatoms. The van der Waals surface area contributed by atoms with E-state index in [-0.39, 0.29) is 6.04 Å². The van der Waals surface area contributed by atoms with E-state index in [4.69, 9.17) is 5.73 Å². The number of hydrogen-bond donors (Lipinski definition) is 1. The summed E-state index contributed by atoms with van der Waals surface area (Å²) in [5.41, 5.74) is 8.33. The Labute approximate surface area is 118 Å². The van der Waals surface area contributed by atoms with E-state index in [1.54, 1.807) is 11.3 Å². The monoisotopic (exact) mass is 318 g/mol. The molecule has 2 N–H and O–H groups in total. The smallest absolute Gasteiger partial charge is 0.0702 e. The van der Waals surface area contributed by atoms with Crippen LogP contribution in [-0.2, 0) is 0 Å². The Balaban J connectivity index is 2.07. The molecule has 1 unspecified atom stereocenters. The molecule has 18 heavy (non-hydrogen) atoms. The summed E-state index contributed by atoms with van der Waals surface area (Å²) in [4.78, 5) is 5.58. The Morgan fingerprint density at radius 2 is 2.06 bits per heavy atom. The lowest BCUT2D eigenvalue weighted by molar-refractivity contribution is 0.884. The number of nitrogens with two attached hydrogens (primary N) is 1. The van der Waals surface area contributed by atoms with Crippen molar-refractivity contribution >= 4 is 38.2 Å². The lowest BCUT2D eigenvalue weighted by Gasteiger charge is -2.11. The number of hydrogen-bond acceptors (Lipinski definition) is 3. The molecule has 2 heterocycles. The van der Waals surface area contributed by atoms with Crippen LogP contribution in [0.15, 0.2) is 52.4 Å². The summed E-state index contributed by atoms with van der Waals surface area (Å²) >= 11 is 5.18. The normalized spacial score (nSPS) is 12.8. The Bertz CT molecular complexity index is 693. The molecular weight excluding hydrogens is 308 g/mol. The number of nitrogens with zero attached hydrogens (tertiary/aromatic N) is 1. The van der Waals surface area contributed by atoms with E-state index in [1.165, 1.54) is 0 Å². The molecular formula is C14H11BrN2S. The highest BCUT2D eigenvalue weighted by Gasteiger charge is 2.14. The van der Waals surface area contributed by atoms with Crippen LogP contribution in [-0.4, -0.2) is 4.98 Å². The Morgan fingerprint density at radius 3 is 2.83 bits per heavy atom. The van der Waals surface area contributed by atoms with E-state index >= 15 is 0 Å². The second-order valence-electron chi connectivity index (χ2n) is 4.07. The minimum absolute atomic E-state index is 0.128. The van der Waals surface area contributed by atoms with Crippen LogP contribution < -0.4 is 5.73 Å². The lowest BCUT2D eigenvalue weighted by Crippen LogP contribution is -2.11. The van der Waals surface area contributed by atoms with Crippen LogP contribution in [0.1, 0.15) is 16.5 Å². The molecule has 2 aromatic heterocycles. The summed E-state index contributed by atoms with van der Waals surface area (Å²) in [6, 6.07) is 12.1. The fourth-order valence-corrected chi connectivity index (χ4v) is 3.59. The number of para-hydroxylation sites is 1. The molecule has 0 fully saturated rings. The average molecular weight is 319 g/mol. The first-order valence-corrected chi connectivity index (χ1v) is 7.26. The number of rotatable bonds is 2. The predicted molar refractivity (Wildman–Crippen MR) is 79.8 cm³/mol. The number of benzene rings is 1. The largest absolute Gasteiger partial charge is 0.320 e. The van der Waals surface area contributed by atoms with E-state index in [9.17, 15) is 0 Å². The first kappa shape index (κ1) is 11.8. The van der Waals surface area contributed by atoms with Gasteiger partial charge in [-0.1, -0.05) is 18.2 Å². The first-order valence-electron chi connectivity index (χ1n) is 5.59. The van der Waals surface area contributed by atoms with Crippen LogP contribution in [0.5, 0.6) is 0 Å². The summed E-state index contributed by atoms with van der Waals surface area (Å²) in [6.07, 6.45) is 1.86. The minimum atomic E-state index is -0.128. The third-order valence-corrected chi connectivity index (χ3v) is 4.85. The molecule has 1 aromatic carbocycles. The topological polar surface area (TPSA) is 38.9 Å². The molecule has 0 saturated carbocycles. The highest BCUT2D eigenvalue weighted by molar-refractivity contribution is 9.10. The van der Waals surface area contributed by atoms with Crippen molar-refractivity contribution in [2.75, 3.05) is 0 Å². The molecule has 3 rings (SSSR count). The molecule has 0 aliphatic rings. The SMILES string of the molecule is NC(c1cnc2ccccc2c1)c1sccc1Br. The summed E-state index contributed by atoms with van der Waals surface area (Å²) in [6.45, 7) is 0. The number of thiophene rings is 1. The van der Waals surface area contributed by atoms with Gasteiger partial charge in [0.1, 0.15) is 0 Å². The molecule has 0 aliphatic carbocycles. The quantitative estimate of drug-likeness (QED) is 0.772. The maximum atomic E-state index is 6.29. The number of aromatic nitrogens is 1. The third-order valence-electron chi connectivity index (χ3n) is 2.90. The first-order chi connectivity index (χ1) is 8.75. The summed E-state index contributed by atoms with van der Waals surface area (Å²) in [7, 11) is 0. The highest BCUT2D eigenvalue weighted by atomic mass is 79.9. The van der Waals surface area contributed by atoms with Crippen LogP contribution in [0.4, 0.5) is 0 Å². The molecule has 0 spiro atoms. The molecule has 1 atom stereocenters. The van der Waals surface area contributed by atoms with Gasteiger partial charge in [0.05, 0.1) is 11.6 Å². The third kappa shape index (κ3) is 2.07. The fourth-order valence-electron chi connectivity index (χ4n) is 1.94. The van der Waals surface area contributed by atoms with E-state index in [1.807, 2.05) is 35.8 Å². The predicted octanol–water partition coefficient (Wildman–Crippen LogP) is 4.11. The van der Waals surface area contributed by atoms with Crippen molar-refractivity contribution in [3.8, 4) is 0 Å². The van der Waals surface area contributed by atoms with Gasteiger partial charge in [-0.15, -0.1) is 11.3 Å². The molecule has 0 saturated heterocycles. The van der Waals surface area contributed by atoms with Crippen molar-refractivity contribution in [1.82, 2.24) is 4.98 Å². The molecule has 0 aliphatic heterocycles. The van der Waals surface area contributed by atoms with Crippen molar-refractivity contribution in [1.29, 1.82) is 0 Å². The van der Waals surface area contributed by atoms with Gasteiger partial charge < -0.3 is 5.73 Å². The van der Waals surface area contributed by atoms with Crippen LogP contribution >= 0.6 is 27.3 Å². The van der Waals surface area contributed by atoms with Gasteiger partial charge in [-0.05, 0) is 45.1 Å². The van der Waals surface area contributed by atoms with Gasteiger partial charge >= 0.3 is 0 Å². The highest BCUT2D eigenvalue weighted by Crippen LogP contribution is 2.32. The molecule has 90 valence electrons. The average Bonchev–Trinajstić information content (AvgIpc) is 2.83. The number of halogens is 1. The zero-order chi connectivity index (χ0) is 12.5. The summed E-state index contributed by atoms with van der Waals surface area (Å²) in [5, 5.41) is 3.16. The van der Waals surface area contributed by atoms with Gasteiger partial charge in [0.15, 0.2) is 0 Å². The van der Waals surface area contributed by atoms with Gasteiger partial charge in [-0.3, -0.25) is 4.98 Å². The van der Waals surface area contributed by atoms with E-state index in [0.29, 0.717) is 0 Å². The standard InChI is InChI=1S/C14H11BrN2S/c15-11-5-6-18-14(11)13(16)10-7-9-3-1-2-4-12(9)17-8-10/h1-8,13H,16H2. The second-order valence-corrected chi connectivity index (χ2v) is 5.87. The molecule has 3 aromatic rings. The maximum Gasteiger partial charge on any atom is 0.0702 e. The van der Waals surface area contributed by atoms with Crippen LogP contribution in [0.2, 0.25) is 0 Å². The van der Waals surface area contributed by atoms with E-state index in [2.05, 4.69) is 33.0 Å². The minimum Gasteiger partial charge on any atom is -0.320 e. The number of pyridine rings is 1. The molecule has 0 amide bonds. The van der Waals surface area contributed by atoms with Crippen molar-refractivity contribution < 1.29 is 0 Å². The Kier molecular flexibility index (Phi) is 3.16. The van der Waals surface area contributed by atoms with E-state index in [0.717, 1.165) is 25.8 Å². The van der Waals surface area contributed by atoms with Gasteiger partial charge in [0, 0.05) is 20.9 Å². The summed E-state index contributed by atoms with van der Waals surface area (Å²) in [5.74, 6) is 0. The van der Waals surface area contributed by atoms with Crippen LogP contribution in [0.3, 0.4) is 0 Å². The molecule has 2 nitrogen and oxygen atoms in total. The number of fused-ring (bicyclic) bond motifs is 1. The Hall–Kier alpha value is -1.23.